The van der Waals surface area contributed by atoms with Gasteiger partial charge in [0.2, 0.25) is 5.75 Å². The zero-order valence-corrected chi connectivity index (χ0v) is 19.9. The van der Waals surface area contributed by atoms with Gasteiger partial charge in [0, 0.05) is 17.2 Å². The fourth-order valence-electron chi connectivity index (χ4n) is 3.10. The summed E-state index contributed by atoms with van der Waals surface area (Å²) in [7, 11) is 1.30. The summed E-state index contributed by atoms with van der Waals surface area (Å²) in [6.07, 6.45) is 1.15. The lowest BCUT2D eigenvalue weighted by molar-refractivity contribution is -0.394. The molecule has 3 aromatic rings. The monoisotopic (exact) mass is 539 g/mol. The Kier molecular flexibility index (Phi) is 8.15. The highest BCUT2D eigenvalue weighted by atomic mass is 35.5. The summed E-state index contributed by atoms with van der Waals surface area (Å²) in [5.41, 5.74) is -2.07. The van der Waals surface area contributed by atoms with E-state index in [9.17, 15) is 40.4 Å². The van der Waals surface area contributed by atoms with Gasteiger partial charge in [0.1, 0.15) is 17.3 Å². The van der Waals surface area contributed by atoms with Crippen LogP contribution in [0.5, 0.6) is 17.2 Å². The van der Waals surface area contributed by atoms with E-state index in [0.717, 1.165) is 30.3 Å². The molecule has 0 atom stereocenters. The molecule has 0 aliphatic heterocycles. The minimum atomic E-state index is -0.956. The maximum absolute atomic E-state index is 12.7. The van der Waals surface area contributed by atoms with Crippen LogP contribution < -0.4 is 14.8 Å². The smallest absolute Gasteiger partial charge is 0.318 e. The molecule has 3 rings (SSSR count). The molecule has 0 aliphatic carbocycles. The maximum atomic E-state index is 12.7. The van der Waals surface area contributed by atoms with Crippen LogP contribution in [0.15, 0.2) is 60.2 Å². The largest absolute Gasteiger partial charge is 0.493 e. The Hall–Kier alpha value is -5.55. The summed E-state index contributed by atoms with van der Waals surface area (Å²) in [5, 5.41) is 45.5. The zero-order valence-electron chi connectivity index (χ0n) is 19.1. The predicted molar refractivity (Wildman–Crippen MR) is 133 cm³/mol. The SMILES string of the molecule is COc1ccc(C=C(C#N)C(=O)Nc2ccc(Cl)cc2[N+](=O)[O-])cc1Oc1ccc([N+](=O)[O-])cc1[N+](=O)[O-]. The number of non-ortho nitro benzene ring substituents is 1. The molecule has 0 fully saturated rings. The van der Waals surface area contributed by atoms with Crippen molar-refractivity contribution in [3.63, 3.8) is 0 Å². The molecule has 0 saturated heterocycles. The van der Waals surface area contributed by atoms with Gasteiger partial charge in [-0.1, -0.05) is 17.7 Å². The Morgan fingerprint density at radius 2 is 1.61 bits per heavy atom. The summed E-state index contributed by atoms with van der Waals surface area (Å²) < 4.78 is 10.8. The normalized spacial score (nSPS) is 10.7. The van der Waals surface area contributed by atoms with Crippen molar-refractivity contribution in [2.24, 2.45) is 0 Å². The number of hydrogen-bond acceptors (Lipinski definition) is 10. The number of halogens is 1. The first kappa shape index (κ1) is 27.0. The third kappa shape index (κ3) is 6.17. The number of carbonyl (C=O) groups is 1. The van der Waals surface area contributed by atoms with Gasteiger partial charge in [0.05, 0.1) is 27.9 Å². The average Bonchev–Trinajstić information content (AvgIpc) is 2.88. The second-order valence-electron chi connectivity index (χ2n) is 7.22. The Labute approximate surface area is 217 Å². The molecule has 192 valence electrons. The standard InChI is InChI=1S/C23H14ClN5O9/c1-37-21-6-2-13(9-22(21)38-20-7-4-16(27(31)32)11-19(20)29(35)36)8-14(12-25)23(30)26-17-5-3-15(24)10-18(17)28(33)34/h2-11H,1H3,(H,26,30). The van der Waals surface area contributed by atoms with Crippen LogP contribution in [-0.2, 0) is 4.79 Å². The van der Waals surface area contributed by atoms with Crippen molar-refractivity contribution in [3.05, 3.63) is 101 Å². The number of methoxy groups -OCH3 is 1. The van der Waals surface area contributed by atoms with E-state index in [4.69, 9.17) is 21.1 Å². The summed E-state index contributed by atoms with van der Waals surface area (Å²) in [6.45, 7) is 0. The van der Waals surface area contributed by atoms with E-state index in [0.29, 0.717) is 0 Å². The summed E-state index contributed by atoms with van der Waals surface area (Å²) in [4.78, 5) is 43.9. The van der Waals surface area contributed by atoms with Gasteiger partial charge in [0.25, 0.3) is 17.3 Å². The van der Waals surface area contributed by atoms with Crippen LogP contribution in [0.2, 0.25) is 5.02 Å². The summed E-state index contributed by atoms with van der Waals surface area (Å²) >= 11 is 5.77. The topological polar surface area (TPSA) is 201 Å². The van der Waals surface area contributed by atoms with E-state index < -0.39 is 43.3 Å². The number of hydrogen-bond donors (Lipinski definition) is 1. The first-order valence-corrected chi connectivity index (χ1v) is 10.6. The number of ether oxygens (including phenoxy) is 2. The first-order chi connectivity index (χ1) is 18.0. The molecule has 38 heavy (non-hydrogen) atoms. The second kappa shape index (κ2) is 11.5. The van der Waals surface area contributed by atoms with E-state index in [1.54, 1.807) is 6.07 Å². The predicted octanol–water partition coefficient (Wildman–Crippen LogP) is 5.41. The number of nitrogens with zero attached hydrogens (tertiary/aromatic N) is 4. The Morgan fingerprint density at radius 3 is 2.21 bits per heavy atom. The van der Waals surface area contributed by atoms with Crippen LogP contribution in [0, 0.1) is 41.7 Å². The fourth-order valence-corrected chi connectivity index (χ4v) is 3.26. The molecule has 0 bridgehead atoms. The molecule has 0 aromatic heterocycles. The van der Waals surface area contributed by atoms with Crippen LogP contribution >= 0.6 is 11.6 Å². The molecule has 0 aliphatic rings. The highest BCUT2D eigenvalue weighted by Crippen LogP contribution is 2.39. The number of nitrogens with one attached hydrogen (secondary N) is 1. The van der Waals surface area contributed by atoms with Crippen molar-refractivity contribution >= 4 is 46.3 Å². The maximum Gasteiger partial charge on any atom is 0.318 e. The van der Waals surface area contributed by atoms with Crippen molar-refractivity contribution in [3.8, 4) is 23.3 Å². The van der Waals surface area contributed by atoms with E-state index in [1.807, 2.05) is 0 Å². The van der Waals surface area contributed by atoms with Crippen molar-refractivity contribution < 1.29 is 29.0 Å². The van der Waals surface area contributed by atoms with E-state index in [-0.39, 0.29) is 33.5 Å². The number of nitriles is 1. The number of anilines is 1. The van der Waals surface area contributed by atoms with Gasteiger partial charge >= 0.3 is 5.69 Å². The van der Waals surface area contributed by atoms with E-state index in [1.165, 1.54) is 37.4 Å². The van der Waals surface area contributed by atoms with E-state index in [2.05, 4.69) is 5.32 Å². The molecular weight excluding hydrogens is 526 g/mol. The molecule has 1 amide bonds. The Balaban J connectivity index is 1.96. The summed E-state index contributed by atoms with van der Waals surface area (Å²) in [5.74, 6) is -1.23. The molecule has 14 nitrogen and oxygen atoms in total. The van der Waals surface area contributed by atoms with Gasteiger partial charge < -0.3 is 14.8 Å². The van der Waals surface area contributed by atoms with Crippen molar-refractivity contribution in [2.45, 2.75) is 0 Å². The van der Waals surface area contributed by atoms with Gasteiger partial charge in [-0.15, -0.1) is 0 Å². The number of amides is 1. The molecule has 0 radical (unpaired) electrons. The third-order valence-corrected chi connectivity index (χ3v) is 5.07. The van der Waals surface area contributed by atoms with Crippen molar-refractivity contribution in [1.82, 2.24) is 0 Å². The molecular formula is C23H14ClN5O9. The summed E-state index contributed by atoms with van der Waals surface area (Å²) in [6, 6.07) is 12.2. The highest BCUT2D eigenvalue weighted by Gasteiger charge is 2.23. The Morgan fingerprint density at radius 1 is 0.921 bits per heavy atom. The van der Waals surface area contributed by atoms with Crippen LogP contribution in [0.1, 0.15) is 5.56 Å². The van der Waals surface area contributed by atoms with Crippen LogP contribution in [0.25, 0.3) is 6.08 Å². The van der Waals surface area contributed by atoms with Crippen molar-refractivity contribution in [2.75, 3.05) is 12.4 Å². The molecule has 1 N–H and O–H groups in total. The number of carbonyl (C=O) groups excluding carboxylic acids is 1. The van der Waals surface area contributed by atoms with Gasteiger partial charge in [-0.05, 0) is 42.0 Å². The molecule has 0 unspecified atom stereocenters. The number of rotatable bonds is 9. The highest BCUT2D eigenvalue weighted by molar-refractivity contribution is 6.31. The lowest BCUT2D eigenvalue weighted by Gasteiger charge is -2.11. The number of nitro groups is 3. The quantitative estimate of drug-likeness (QED) is 0.158. The Bertz CT molecular complexity index is 1550. The van der Waals surface area contributed by atoms with Gasteiger partial charge in [-0.25, -0.2) is 0 Å². The zero-order chi connectivity index (χ0) is 28.0. The van der Waals surface area contributed by atoms with Crippen molar-refractivity contribution in [1.29, 1.82) is 5.26 Å². The first-order valence-electron chi connectivity index (χ1n) is 10.2. The van der Waals surface area contributed by atoms with Crippen LogP contribution in [0.3, 0.4) is 0 Å². The third-order valence-electron chi connectivity index (χ3n) is 4.84. The number of nitro benzene ring substituents is 3. The molecule has 0 spiro atoms. The average molecular weight is 540 g/mol. The van der Waals surface area contributed by atoms with Crippen LogP contribution in [0.4, 0.5) is 22.7 Å². The minimum absolute atomic E-state index is 0.0655. The fraction of sp³-hybridized carbons (Fsp3) is 0.0435. The lowest BCUT2D eigenvalue weighted by atomic mass is 10.1. The lowest BCUT2D eigenvalue weighted by Crippen LogP contribution is -2.14. The van der Waals surface area contributed by atoms with Crippen LogP contribution in [-0.4, -0.2) is 27.8 Å². The molecule has 15 heteroatoms. The molecule has 3 aromatic carbocycles. The number of benzene rings is 3. The van der Waals surface area contributed by atoms with E-state index >= 15 is 0 Å². The molecule has 0 heterocycles. The van der Waals surface area contributed by atoms with Gasteiger partial charge in [-0.3, -0.25) is 35.1 Å². The molecule has 0 saturated carbocycles. The van der Waals surface area contributed by atoms with Gasteiger partial charge in [0.15, 0.2) is 11.5 Å². The minimum Gasteiger partial charge on any atom is -0.493 e. The second-order valence-corrected chi connectivity index (χ2v) is 7.66. The van der Waals surface area contributed by atoms with Gasteiger partial charge in [-0.2, -0.15) is 5.26 Å².